The highest BCUT2D eigenvalue weighted by Crippen LogP contribution is 2.45. The number of carbonyl (C=O) groups is 1. The molecule has 0 bridgehead atoms. The van der Waals surface area contributed by atoms with Crippen LogP contribution in [0.3, 0.4) is 0 Å². The summed E-state index contributed by atoms with van der Waals surface area (Å²) in [5.74, 6) is -1.24. The Bertz CT molecular complexity index is 729. The molecule has 3 nitrogen and oxygen atoms in total. The predicted molar refractivity (Wildman–Crippen MR) is 90.0 cm³/mol. The number of hydrogen-bond acceptors (Lipinski definition) is 2. The molecule has 4 heteroatoms. The molecule has 0 fully saturated rings. The van der Waals surface area contributed by atoms with Crippen LogP contribution in [0.5, 0.6) is 5.75 Å². The first-order chi connectivity index (χ1) is 11.5. The number of carboxylic acid groups (broad SMARTS) is 1. The summed E-state index contributed by atoms with van der Waals surface area (Å²) in [6, 6.07) is 15.4. The van der Waals surface area contributed by atoms with Crippen molar-refractivity contribution in [2.75, 3.05) is 0 Å². The number of benzene rings is 2. The average molecular weight is 328 g/mol. The molecule has 1 aliphatic carbocycles. The minimum atomic E-state index is -2.17. The SMILES string of the molecule is CCC1c2ccc(OCc3ccccc3)cc2CCC1(F)C(=O)O. The van der Waals surface area contributed by atoms with Crippen LogP contribution in [-0.4, -0.2) is 16.7 Å². The fraction of sp³-hybridized carbons (Fsp3) is 0.350. The Labute approximate surface area is 141 Å². The highest BCUT2D eigenvalue weighted by molar-refractivity contribution is 5.79. The summed E-state index contributed by atoms with van der Waals surface area (Å²) in [5, 5.41) is 9.29. The zero-order valence-corrected chi connectivity index (χ0v) is 13.7. The molecule has 1 N–H and O–H groups in total. The number of aliphatic carboxylic acids is 1. The normalized spacial score (nSPS) is 22.7. The molecule has 0 heterocycles. The predicted octanol–water partition coefficient (Wildman–Crippen LogP) is 4.50. The summed E-state index contributed by atoms with van der Waals surface area (Å²) in [4.78, 5) is 11.4. The Balaban J connectivity index is 1.81. The zero-order chi connectivity index (χ0) is 17.2. The van der Waals surface area contributed by atoms with Crippen LogP contribution in [0.1, 0.15) is 42.4 Å². The van der Waals surface area contributed by atoms with Gasteiger partial charge in [0.15, 0.2) is 0 Å². The Kier molecular flexibility index (Phi) is 4.56. The van der Waals surface area contributed by atoms with Crippen LogP contribution < -0.4 is 4.74 Å². The van der Waals surface area contributed by atoms with Crippen LogP contribution in [0.25, 0.3) is 0 Å². The van der Waals surface area contributed by atoms with Crippen LogP contribution in [0, 0.1) is 0 Å². The van der Waals surface area contributed by atoms with Crippen molar-refractivity contribution in [1.82, 2.24) is 0 Å². The number of rotatable bonds is 5. The number of hydrogen-bond donors (Lipinski definition) is 1. The molecule has 2 aromatic carbocycles. The standard InChI is InChI=1S/C20H21FO3/c1-2-18-17-9-8-16(24-13-14-6-4-3-5-7-14)12-15(17)10-11-20(18,21)19(22)23/h3-9,12,18H,2,10-11,13H2,1H3,(H,22,23). The van der Waals surface area contributed by atoms with Crippen molar-refractivity contribution >= 4 is 5.97 Å². The topological polar surface area (TPSA) is 46.5 Å². The first-order valence-corrected chi connectivity index (χ1v) is 8.26. The van der Waals surface area contributed by atoms with Gasteiger partial charge >= 0.3 is 5.97 Å². The summed E-state index contributed by atoms with van der Waals surface area (Å²) in [6.45, 7) is 2.30. The Hall–Kier alpha value is -2.36. The highest BCUT2D eigenvalue weighted by atomic mass is 19.1. The summed E-state index contributed by atoms with van der Waals surface area (Å²) in [5.41, 5.74) is 0.687. The summed E-state index contributed by atoms with van der Waals surface area (Å²) in [7, 11) is 0. The molecule has 0 aromatic heterocycles. The lowest BCUT2D eigenvalue weighted by atomic mass is 9.71. The van der Waals surface area contributed by atoms with Gasteiger partial charge < -0.3 is 9.84 Å². The van der Waals surface area contributed by atoms with E-state index in [1.807, 2.05) is 49.4 Å². The van der Waals surface area contributed by atoms with Gasteiger partial charge in [-0.05, 0) is 48.1 Å². The quantitative estimate of drug-likeness (QED) is 0.879. The zero-order valence-electron chi connectivity index (χ0n) is 13.7. The molecule has 1 aliphatic rings. The second kappa shape index (κ2) is 6.63. The van der Waals surface area contributed by atoms with Gasteiger partial charge in [-0.1, -0.05) is 43.3 Å². The molecule has 0 aliphatic heterocycles. The van der Waals surface area contributed by atoms with E-state index in [0.29, 0.717) is 19.4 Å². The van der Waals surface area contributed by atoms with Crippen LogP contribution in [0.2, 0.25) is 0 Å². The highest BCUT2D eigenvalue weighted by Gasteiger charge is 2.49. The van der Waals surface area contributed by atoms with Crippen molar-refractivity contribution in [3.63, 3.8) is 0 Å². The summed E-state index contributed by atoms with van der Waals surface area (Å²) < 4.78 is 20.7. The number of ether oxygens (including phenoxy) is 1. The van der Waals surface area contributed by atoms with E-state index in [9.17, 15) is 14.3 Å². The summed E-state index contributed by atoms with van der Waals surface area (Å²) >= 11 is 0. The molecule has 0 spiro atoms. The molecular weight excluding hydrogens is 307 g/mol. The van der Waals surface area contributed by atoms with Crippen molar-refractivity contribution in [2.45, 2.75) is 44.4 Å². The van der Waals surface area contributed by atoms with E-state index in [4.69, 9.17) is 4.74 Å². The van der Waals surface area contributed by atoms with Crippen molar-refractivity contribution < 1.29 is 19.0 Å². The number of halogens is 1. The van der Waals surface area contributed by atoms with Gasteiger partial charge in [0, 0.05) is 5.92 Å². The fourth-order valence-electron chi connectivity index (χ4n) is 3.51. The van der Waals surface area contributed by atoms with Crippen LogP contribution in [-0.2, 0) is 17.8 Å². The fourth-order valence-corrected chi connectivity index (χ4v) is 3.51. The van der Waals surface area contributed by atoms with E-state index in [-0.39, 0.29) is 6.42 Å². The van der Waals surface area contributed by atoms with Gasteiger partial charge in [0.1, 0.15) is 12.4 Å². The van der Waals surface area contributed by atoms with Gasteiger partial charge in [-0.3, -0.25) is 0 Å². The second-order valence-corrected chi connectivity index (χ2v) is 6.26. The molecular formula is C20H21FO3. The third-order valence-corrected chi connectivity index (χ3v) is 4.81. The van der Waals surface area contributed by atoms with Gasteiger partial charge in [-0.15, -0.1) is 0 Å². The Morgan fingerprint density at radius 3 is 2.71 bits per heavy atom. The van der Waals surface area contributed by atoms with Gasteiger partial charge in [-0.2, -0.15) is 0 Å². The molecule has 2 atom stereocenters. The maximum atomic E-state index is 14.9. The number of aryl methyl sites for hydroxylation is 1. The van der Waals surface area contributed by atoms with Crippen molar-refractivity contribution in [1.29, 1.82) is 0 Å². The lowest BCUT2D eigenvalue weighted by molar-refractivity contribution is -0.153. The minimum Gasteiger partial charge on any atom is -0.489 e. The Morgan fingerprint density at radius 1 is 1.29 bits per heavy atom. The van der Waals surface area contributed by atoms with E-state index < -0.39 is 17.6 Å². The second-order valence-electron chi connectivity index (χ2n) is 6.26. The first-order valence-electron chi connectivity index (χ1n) is 8.26. The average Bonchev–Trinajstić information content (AvgIpc) is 2.60. The maximum absolute atomic E-state index is 14.9. The molecule has 2 unspecified atom stereocenters. The van der Waals surface area contributed by atoms with Crippen LogP contribution in [0.15, 0.2) is 48.5 Å². The van der Waals surface area contributed by atoms with E-state index >= 15 is 0 Å². The summed E-state index contributed by atoms with van der Waals surface area (Å²) in [6.07, 6.45) is 0.882. The molecule has 3 rings (SSSR count). The third kappa shape index (κ3) is 3.01. The Morgan fingerprint density at radius 2 is 2.04 bits per heavy atom. The first kappa shape index (κ1) is 16.5. The number of carboxylic acids is 1. The smallest absolute Gasteiger partial charge is 0.342 e. The van der Waals surface area contributed by atoms with E-state index in [1.165, 1.54) is 0 Å². The molecule has 0 amide bonds. The maximum Gasteiger partial charge on any atom is 0.342 e. The third-order valence-electron chi connectivity index (χ3n) is 4.81. The lowest BCUT2D eigenvalue weighted by Gasteiger charge is -2.35. The van der Waals surface area contributed by atoms with Crippen LogP contribution >= 0.6 is 0 Å². The molecule has 126 valence electrons. The van der Waals surface area contributed by atoms with Crippen molar-refractivity contribution in [3.8, 4) is 5.75 Å². The van der Waals surface area contributed by atoms with Gasteiger partial charge in [0.2, 0.25) is 5.67 Å². The largest absolute Gasteiger partial charge is 0.489 e. The number of fused-ring (bicyclic) bond motifs is 1. The molecule has 0 saturated carbocycles. The van der Waals surface area contributed by atoms with Gasteiger partial charge in [0.25, 0.3) is 0 Å². The monoisotopic (exact) mass is 328 g/mol. The molecule has 0 saturated heterocycles. The number of alkyl halides is 1. The van der Waals surface area contributed by atoms with Gasteiger partial charge in [0.05, 0.1) is 0 Å². The van der Waals surface area contributed by atoms with Crippen molar-refractivity contribution in [3.05, 3.63) is 65.2 Å². The van der Waals surface area contributed by atoms with Crippen molar-refractivity contribution in [2.24, 2.45) is 0 Å². The van der Waals surface area contributed by atoms with E-state index in [0.717, 1.165) is 22.4 Å². The van der Waals surface area contributed by atoms with Gasteiger partial charge in [-0.25, -0.2) is 9.18 Å². The minimum absolute atomic E-state index is 0.00990. The molecule has 2 aromatic rings. The molecule has 24 heavy (non-hydrogen) atoms. The molecule has 0 radical (unpaired) electrons. The lowest BCUT2D eigenvalue weighted by Crippen LogP contribution is -2.43. The van der Waals surface area contributed by atoms with Crippen LogP contribution in [0.4, 0.5) is 4.39 Å². The van der Waals surface area contributed by atoms with E-state index in [2.05, 4.69) is 0 Å². The van der Waals surface area contributed by atoms with E-state index in [1.54, 1.807) is 6.07 Å².